The number of hydrogen-bond donors (Lipinski definition) is 1. The first kappa shape index (κ1) is 25.1. The van der Waals surface area contributed by atoms with Crippen molar-refractivity contribution in [1.29, 1.82) is 0 Å². The van der Waals surface area contributed by atoms with Crippen molar-refractivity contribution >= 4 is 34.8 Å². The molecule has 2 aliphatic heterocycles. The number of Topliss-reactive ketones (excluding diaryl/α,β-unsaturated/α-hetero) is 1. The van der Waals surface area contributed by atoms with Gasteiger partial charge in [0.1, 0.15) is 23.9 Å². The van der Waals surface area contributed by atoms with Crippen LogP contribution in [0.1, 0.15) is 36.6 Å². The number of likely N-dealkylation sites (N-methyl/N-ethyl adjacent to an activating group) is 1. The smallest absolute Gasteiger partial charge is 0.308 e. The molecule has 0 aliphatic carbocycles. The third kappa shape index (κ3) is 4.49. The van der Waals surface area contributed by atoms with E-state index < -0.39 is 23.7 Å². The topological polar surface area (TPSA) is 96.4 Å². The van der Waals surface area contributed by atoms with Crippen molar-refractivity contribution in [2.75, 3.05) is 30.0 Å². The van der Waals surface area contributed by atoms with E-state index in [0.29, 0.717) is 35.7 Å². The van der Waals surface area contributed by atoms with E-state index in [4.69, 9.17) is 9.47 Å². The summed E-state index contributed by atoms with van der Waals surface area (Å²) < 4.78 is 11.0. The van der Waals surface area contributed by atoms with Gasteiger partial charge in [-0.1, -0.05) is 31.2 Å². The summed E-state index contributed by atoms with van der Waals surface area (Å²) in [6.45, 7) is 4.56. The molecular weight excluding hydrogens is 484 g/mol. The second kappa shape index (κ2) is 10.0. The van der Waals surface area contributed by atoms with Crippen LogP contribution < -0.4 is 19.3 Å². The van der Waals surface area contributed by atoms with E-state index in [0.717, 1.165) is 17.7 Å². The minimum absolute atomic E-state index is 0.0473. The van der Waals surface area contributed by atoms with Crippen LogP contribution in [0.25, 0.3) is 5.76 Å². The molecule has 3 aromatic rings. The number of aliphatic hydroxyl groups excluding tert-OH is 1. The summed E-state index contributed by atoms with van der Waals surface area (Å²) in [5, 5.41) is 11.5. The molecule has 1 amide bonds. The van der Waals surface area contributed by atoms with E-state index in [-0.39, 0.29) is 17.1 Å². The van der Waals surface area contributed by atoms with E-state index >= 15 is 0 Å². The molecule has 38 heavy (non-hydrogen) atoms. The van der Waals surface area contributed by atoms with Crippen molar-refractivity contribution in [1.82, 2.24) is 0 Å². The van der Waals surface area contributed by atoms with Gasteiger partial charge in [0.25, 0.3) is 11.7 Å². The predicted octanol–water partition coefficient (Wildman–Crippen LogP) is 4.63. The van der Waals surface area contributed by atoms with Crippen LogP contribution in [0.3, 0.4) is 0 Å². The molecule has 1 fully saturated rings. The molecule has 0 radical (unpaired) electrons. The molecule has 5 rings (SSSR count). The van der Waals surface area contributed by atoms with Gasteiger partial charge in [-0.2, -0.15) is 0 Å². The first-order valence-electron chi connectivity index (χ1n) is 12.4. The Labute approximate surface area is 220 Å². The number of anilines is 2. The number of benzene rings is 3. The molecule has 0 spiro atoms. The Kier molecular flexibility index (Phi) is 6.63. The molecular formula is C30H28N2O6. The lowest BCUT2D eigenvalue weighted by molar-refractivity contribution is -0.132. The number of ketones is 1. The second-order valence-electron chi connectivity index (χ2n) is 9.31. The summed E-state index contributed by atoms with van der Waals surface area (Å²) in [4.78, 5) is 41.9. The Morgan fingerprint density at radius 1 is 1.08 bits per heavy atom. The van der Waals surface area contributed by atoms with Crippen LogP contribution in [0.5, 0.6) is 11.5 Å². The average Bonchev–Trinajstić information content (AvgIpc) is 3.18. The minimum Gasteiger partial charge on any atom is -0.507 e. The number of fused-ring (bicyclic) bond motifs is 1. The van der Waals surface area contributed by atoms with Crippen molar-refractivity contribution in [3.05, 3.63) is 89.0 Å². The van der Waals surface area contributed by atoms with E-state index in [1.54, 1.807) is 54.6 Å². The SMILES string of the molecule is CCc1ccc(N2C(=O)C(=O)/C(=C(\O)c3ccc4c(c3)N(C)CCO4)C2c2cccc(OC(C)=O)c2)cc1. The van der Waals surface area contributed by atoms with Gasteiger partial charge in [0, 0.05) is 25.2 Å². The highest BCUT2D eigenvalue weighted by Gasteiger charge is 2.47. The van der Waals surface area contributed by atoms with Gasteiger partial charge in [0.05, 0.1) is 23.8 Å². The van der Waals surface area contributed by atoms with Gasteiger partial charge in [0.15, 0.2) is 0 Å². The fourth-order valence-corrected chi connectivity index (χ4v) is 4.87. The third-order valence-electron chi connectivity index (χ3n) is 6.83. The largest absolute Gasteiger partial charge is 0.507 e. The maximum Gasteiger partial charge on any atom is 0.308 e. The molecule has 0 saturated carbocycles. The number of esters is 1. The lowest BCUT2D eigenvalue weighted by atomic mass is 9.94. The molecule has 2 aliphatic rings. The number of carbonyl (C=O) groups is 3. The lowest BCUT2D eigenvalue weighted by Gasteiger charge is -2.28. The van der Waals surface area contributed by atoms with E-state index in [1.165, 1.54) is 11.8 Å². The van der Waals surface area contributed by atoms with Gasteiger partial charge < -0.3 is 19.5 Å². The molecule has 194 valence electrons. The van der Waals surface area contributed by atoms with E-state index in [1.807, 2.05) is 31.0 Å². The van der Waals surface area contributed by atoms with Crippen molar-refractivity contribution in [2.24, 2.45) is 0 Å². The number of amides is 1. The fourth-order valence-electron chi connectivity index (χ4n) is 4.87. The van der Waals surface area contributed by atoms with Gasteiger partial charge in [-0.15, -0.1) is 0 Å². The number of aliphatic hydroxyl groups is 1. The Hall–Kier alpha value is -4.59. The molecule has 1 unspecified atom stereocenters. The molecule has 0 bridgehead atoms. The number of nitrogens with zero attached hydrogens (tertiary/aromatic N) is 2. The number of carbonyl (C=O) groups excluding carboxylic acids is 3. The maximum absolute atomic E-state index is 13.5. The summed E-state index contributed by atoms with van der Waals surface area (Å²) in [7, 11) is 1.92. The van der Waals surface area contributed by atoms with Crippen molar-refractivity contribution in [3.8, 4) is 11.5 Å². The normalized spacial score (nSPS) is 18.2. The Bertz CT molecular complexity index is 1460. The van der Waals surface area contributed by atoms with E-state index in [2.05, 4.69) is 0 Å². The number of ether oxygens (including phenoxy) is 2. The maximum atomic E-state index is 13.5. The summed E-state index contributed by atoms with van der Waals surface area (Å²) in [5.74, 6) is -1.39. The van der Waals surface area contributed by atoms with Crippen LogP contribution >= 0.6 is 0 Å². The van der Waals surface area contributed by atoms with Crippen LogP contribution in [-0.2, 0) is 20.8 Å². The summed E-state index contributed by atoms with van der Waals surface area (Å²) in [5.41, 5.74) is 3.24. The van der Waals surface area contributed by atoms with Crippen LogP contribution in [0, 0.1) is 0 Å². The molecule has 8 nitrogen and oxygen atoms in total. The first-order chi connectivity index (χ1) is 18.3. The average molecular weight is 513 g/mol. The van der Waals surface area contributed by atoms with Crippen LogP contribution in [0.15, 0.2) is 72.3 Å². The molecule has 1 saturated heterocycles. The van der Waals surface area contributed by atoms with E-state index in [9.17, 15) is 19.5 Å². The van der Waals surface area contributed by atoms with Gasteiger partial charge in [-0.25, -0.2) is 0 Å². The molecule has 3 aromatic carbocycles. The Balaban J connectivity index is 1.69. The van der Waals surface area contributed by atoms with Crippen molar-refractivity contribution < 1.29 is 29.0 Å². The van der Waals surface area contributed by atoms with Crippen LogP contribution in [0.4, 0.5) is 11.4 Å². The Morgan fingerprint density at radius 2 is 1.84 bits per heavy atom. The summed E-state index contributed by atoms with van der Waals surface area (Å²) >= 11 is 0. The van der Waals surface area contributed by atoms with Crippen LogP contribution in [-0.4, -0.2) is 43.0 Å². The molecule has 8 heteroatoms. The monoisotopic (exact) mass is 512 g/mol. The second-order valence-corrected chi connectivity index (χ2v) is 9.31. The summed E-state index contributed by atoms with van der Waals surface area (Å²) in [6.07, 6.45) is 0.823. The third-order valence-corrected chi connectivity index (χ3v) is 6.83. The molecule has 1 atom stereocenters. The highest BCUT2D eigenvalue weighted by Crippen LogP contribution is 2.44. The number of aryl methyl sites for hydroxylation is 1. The quantitative estimate of drug-likeness (QED) is 0.175. The minimum atomic E-state index is -0.942. The highest BCUT2D eigenvalue weighted by molar-refractivity contribution is 6.51. The lowest BCUT2D eigenvalue weighted by Crippen LogP contribution is -2.29. The molecule has 2 heterocycles. The molecule has 1 N–H and O–H groups in total. The zero-order valence-electron chi connectivity index (χ0n) is 21.4. The van der Waals surface area contributed by atoms with Gasteiger partial charge in [0.2, 0.25) is 0 Å². The number of rotatable bonds is 5. The standard InChI is InChI=1S/C30H28N2O6/c1-4-19-8-11-22(12-9-19)32-27(20-6-5-7-23(16-20)38-18(2)33)26(29(35)30(32)36)28(34)21-10-13-25-24(17-21)31(3)14-15-37-25/h5-13,16-17,27,34H,4,14-15H2,1-3H3/b28-26-. The van der Waals surface area contributed by atoms with Crippen molar-refractivity contribution in [3.63, 3.8) is 0 Å². The summed E-state index contributed by atoms with van der Waals surface area (Å²) in [6, 6.07) is 18.2. The number of hydrogen-bond acceptors (Lipinski definition) is 7. The first-order valence-corrected chi connectivity index (χ1v) is 12.4. The fraction of sp³-hybridized carbons (Fsp3) is 0.233. The molecule has 0 aromatic heterocycles. The highest BCUT2D eigenvalue weighted by atomic mass is 16.5. The van der Waals surface area contributed by atoms with Gasteiger partial charge >= 0.3 is 5.97 Å². The van der Waals surface area contributed by atoms with Gasteiger partial charge in [-0.05, 0) is 60.0 Å². The van der Waals surface area contributed by atoms with Crippen molar-refractivity contribution in [2.45, 2.75) is 26.3 Å². The van der Waals surface area contributed by atoms with Crippen LogP contribution in [0.2, 0.25) is 0 Å². The predicted molar refractivity (Wildman–Crippen MR) is 144 cm³/mol. The zero-order valence-corrected chi connectivity index (χ0v) is 21.4. The Morgan fingerprint density at radius 3 is 2.55 bits per heavy atom. The van der Waals surface area contributed by atoms with Gasteiger partial charge in [-0.3, -0.25) is 19.3 Å². The zero-order chi connectivity index (χ0) is 27.0.